The zero-order valence-corrected chi connectivity index (χ0v) is 13.8. The third-order valence-electron chi connectivity index (χ3n) is 4.37. The van der Waals surface area contributed by atoms with Gasteiger partial charge in [0.2, 0.25) is 10.0 Å². The molecule has 0 aliphatic carbocycles. The molecule has 118 valence electrons. The molecule has 1 aromatic carbocycles. The molecule has 0 bridgehead atoms. The maximum absolute atomic E-state index is 13.8. The predicted octanol–water partition coefficient (Wildman–Crippen LogP) is 3.66. The fourth-order valence-electron chi connectivity index (χ4n) is 2.97. The lowest BCUT2D eigenvalue weighted by atomic mass is 9.77. The molecule has 21 heavy (non-hydrogen) atoms. The molecule has 1 aliphatic heterocycles. The fraction of sp³-hybridized carbons (Fsp3) is 0.625. The molecule has 0 amide bonds. The molecule has 0 N–H and O–H groups in total. The van der Waals surface area contributed by atoms with Crippen molar-refractivity contribution in [3.63, 3.8) is 0 Å². The average Bonchev–Trinajstić information content (AvgIpc) is 2.64. The Morgan fingerprint density at radius 3 is 2.43 bits per heavy atom. The van der Waals surface area contributed by atoms with E-state index in [-0.39, 0.29) is 10.3 Å². The zero-order chi connectivity index (χ0) is 15.7. The first-order valence-corrected chi connectivity index (χ1v) is 8.91. The van der Waals surface area contributed by atoms with Gasteiger partial charge in [0.15, 0.2) is 0 Å². The summed E-state index contributed by atoms with van der Waals surface area (Å²) in [5, 5.41) is 0. The summed E-state index contributed by atoms with van der Waals surface area (Å²) in [6.07, 6.45) is 2.68. The molecule has 1 saturated heterocycles. The van der Waals surface area contributed by atoms with Gasteiger partial charge < -0.3 is 0 Å². The molecule has 0 saturated carbocycles. The average molecular weight is 313 g/mol. The Kier molecular flexibility index (Phi) is 4.73. The quantitative estimate of drug-likeness (QED) is 0.835. The van der Waals surface area contributed by atoms with E-state index < -0.39 is 15.8 Å². The van der Waals surface area contributed by atoms with Crippen LogP contribution in [0.2, 0.25) is 0 Å². The van der Waals surface area contributed by atoms with Gasteiger partial charge in [-0.1, -0.05) is 32.9 Å². The van der Waals surface area contributed by atoms with Gasteiger partial charge in [-0.05, 0) is 42.7 Å². The molecule has 0 aromatic heterocycles. The standard InChI is InChI=1S/C16H24FNO2S/c1-16(2,3)13-7-6-11-18(12-10-13)21(19,20)15-9-5-4-8-14(15)17/h4-5,8-9,13H,6-7,10-12H2,1-3H3. The second-order valence-electron chi connectivity index (χ2n) is 6.83. The van der Waals surface area contributed by atoms with Crippen molar-refractivity contribution in [2.24, 2.45) is 11.3 Å². The molecular formula is C16H24FNO2S. The smallest absolute Gasteiger partial charge is 0.207 e. The molecule has 1 atom stereocenters. The van der Waals surface area contributed by atoms with E-state index in [1.807, 2.05) is 0 Å². The van der Waals surface area contributed by atoms with Crippen LogP contribution in [0.15, 0.2) is 29.2 Å². The second-order valence-corrected chi connectivity index (χ2v) is 8.73. The number of hydrogen-bond acceptors (Lipinski definition) is 2. The third kappa shape index (κ3) is 3.64. The van der Waals surface area contributed by atoms with Gasteiger partial charge >= 0.3 is 0 Å². The fourth-order valence-corrected chi connectivity index (χ4v) is 4.53. The van der Waals surface area contributed by atoms with Crippen molar-refractivity contribution < 1.29 is 12.8 Å². The summed E-state index contributed by atoms with van der Waals surface area (Å²) < 4.78 is 40.4. The molecule has 1 heterocycles. The normalized spacial score (nSPS) is 22.0. The Bertz CT molecular complexity index is 593. The van der Waals surface area contributed by atoms with E-state index in [2.05, 4.69) is 20.8 Å². The lowest BCUT2D eigenvalue weighted by Gasteiger charge is -2.29. The van der Waals surface area contributed by atoms with E-state index in [9.17, 15) is 12.8 Å². The van der Waals surface area contributed by atoms with Crippen molar-refractivity contribution in [1.82, 2.24) is 4.31 Å². The van der Waals surface area contributed by atoms with Gasteiger partial charge in [0, 0.05) is 13.1 Å². The van der Waals surface area contributed by atoms with Gasteiger partial charge in [-0.3, -0.25) is 0 Å². The summed E-state index contributed by atoms with van der Waals surface area (Å²) in [5.74, 6) is -0.174. The van der Waals surface area contributed by atoms with Crippen LogP contribution in [0.4, 0.5) is 4.39 Å². The van der Waals surface area contributed by atoms with E-state index >= 15 is 0 Å². The largest absolute Gasteiger partial charge is 0.245 e. The van der Waals surface area contributed by atoms with Gasteiger partial charge in [0.05, 0.1) is 0 Å². The SMILES string of the molecule is CC(C)(C)C1CCCN(S(=O)(=O)c2ccccc2F)CC1. The minimum Gasteiger partial charge on any atom is -0.207 e. The van der Waals surface area contributed by atoms with Crippen LogP contribution in [0.5, 0.6) is 0 Å². The lowest BCUT2D eigenvalue weighted by molar-refractivity contribution is 0.217. The minimum atomic E-state index is -3.73. The van der Waals surface area contributed by atoms with Crippen LogP contribution in [-0.2, 0) is 10.0 Å². The van der Waals surface area contributed by atoms with Gasteiger partial charge in [0.1, 0.15) is 10.7 Å². The van der Waals surface area contributed by atoms with Gasteiger partial charge in [-0.2, -0.15) is 4.31 Å². The Morgan fingerprint density at radius 2 is 1.81 bits per heavy atom. The molecule has 0 radical (unpaired) electrons. The lowest BCUT2D eigenvalue weighted by Crippen LogP contribution is -2.33. The van der Waals surface area contributed by atoms with Crippen LogP contribution < -0.4 is 0 Å². The summed E-state index contributed by atoms with van der Waals surface area (Å²) in [6.45, 7) is 7.53. The summed E-state index contributed by atoms with van der Waals surface area (Å²) in [5.41, 5.74) is 0.178. The van der Waals surface area contributed by atoms with Crippen LogP contribution in [0, 0.1) is 17.2 Å². The molecule has 1 aromatic rings. The number of rotatable bonds is 2. The topological polar surface area (TPSA) is 37.4 Å². The number of sulfonamides is 1. The van der Waals surface area contributed by atoms with E-state index in [1.54, 1.807) is 6.07 Å². The van der Waals surface area contributed by atoms with Crippen molar-refractivity contribution >= 4 is 10.0 Å². The number of nitrogens with zero attached hydrogens (tertiary/aromatic N) is 1. The Morgan fingerprint density at radius 1 is 1.14 bits per heavy atom. The van der Waals surface area contributed by atoms with Crippen molar-refractivity contribution in [3.05, 3.63) is 30.1 Å². The van der Waals surface area contributed by atoms with Gasteiger partial charge in [-0.25, -0.2) is 12.8 Å². The third-order valence-corrected chi connectivity index (χ3v) is 6.30. The van der Waals surface area contributed by atoms with E-state index in [4.69, 9.17) is 0 Å². The van der Waals surface area contributed by atoms with Gasteiger partial charge in [0.25, 0.3) is 0 Å². The van der Waals surface area contributed by atoms with Gasteiger partial charge in [-0.15, -0.1) is 0 Å². The summed E-state index contributed by atoms with van der Waals surface area (Å²) in [6, 6.07) is 5.61. The van der Waals surface area contributed by atoms with Crippen LogP contribution >= 0.6 is 0 Å². The Labute approximate surface area is 127 Å². The van der Waals surface area contributed by atoms with E-state index in [1.165, 1.54) is 22.5 Å². The monoisotopic (exact) mass is 313 g/mol. The van der Waals surface area contributed by atoms with Crippen molar-refractivity contribution in [2.75, 3.05) is 13.1 Å². The molecule has 0 spiro atoms. The van der Waals surface area contributed by atoms with Crippen LogP contribution in [0.25, 0.3) is 0 Å². The predicted molar refractivity (Wildman–Crippen MR) is 82.0 cm³/mol. The molecule has 3 nitrogen and oxygen atoms in total. The van der Waals surface area contributed by atoms with Crippen molar-refractivity contribution in [3.8, 4) is 0 Å². The van der Waals surface area contributed by atoms with Crippen LogP contribution in [0.3, 0.4) is 0 Å². The molecule has 1 unspecified atom stereocenters. The van der Waals surface area contributed by atoms with E-state index in [0.29, 0.717) is 19.0 Å². The maximum atomic E-state index is 13.8. The zero-order valence-electron chi connectivity index (χ0n) is 13.0. The van der Waals surface area contributed by atoms with Crippen molar-refractivity contribution in [1.29, 1.82) is 0 Å². The van der Waals surface area contributed by atoms with Crippen LogP contribution in [0.1, 0.15) is 40.0 Å². The summed E-state index contributed by atoms with van der Waals surface area (Å²) in [4.78, 5) is -0.209. The van der Waals surface area contributed by atoms with Crippen molar-refractivity contribution in [2.45, 2.75) is 44.9 Å². The highest BCUT2D eigenvalue weighted by Crippen LogP contribution is 2.35. The highest BCUT2D eigenvalue weighted by molar-refractivity contribution is 7.89. The molecule has 1 fully saturated rings. The first-order valence-electron chi connectivity index (χ1n) is 7.47. The second kappa shape index (κ2) is 6.05. The first-order chi connectivity index (χ1) is 9.73. The number of halogens is 1. The Hall–Kier alpha value is -0.940. The maximum Gasteiger partial charge on any atom is 0.245 e. The highest BCUT2D eigenvalue weighted by Gasteiger charge is 2.32. The Balaban J connectivity index is 2.21. The molecular weight excluding hydrogens is 289 g/mol. The highest BCUT2D eigenvalue weighted by atomic mass is 32.2. The molecule has 5 heteroatoms. The summed E-state index contributed by atoms with van der Waals surface area (Å²) >= 11 is 0. The summed E-state index contributed by atoms with van der Waals surface area (Å²) in [7, 11) is -3.73. The van der Waals surface area contributed by atoms with E-state index in [0.717, 1.165) is 19.3 Å². The van der Waals surface area contributed by atoms with Crippen LogP contribution in [-0.4, -0.2) is 25.8 Å². The molecule has 2 rings (SSSR count). The first kappa shape index (κ1) is 16.4. The number of benzene rings is 1. The minimum absolute atomic E-state index is 0.178. The number of hydrogen-bond donors (Lipinski definition) is 0. The molecule has 1 aliphatic rings.